The molecule has 0 bridgehead atoms. The Morgan fingerprint density at radius 2 is 1.72 bits per heavy atom. The SMILES string of the molecule is O=C(C1CCCN(Cc2nc(-c3ccc(Cl)cc3)no2)C1)N1CCN(S(=O)(=O)c2ccccc2)CC1. The van der Waals surface area contributed by atoms with Gasteiger partial charge in [0.1, 0.15) is 0 Å². The number of likely N-dealkylation sites (tertiary alicyclic amines) is 1. The van der Waals surface area contributed by atoms with Crippen molar-refractivity contribution in [1.82, 2.24) is 24.2 Å². The number of carbonyl (C=O) groups is 1. The highest BCUT2D eigenvalue weighted by molar-refractivity contribution is 7.89. The van der Waals surface area contributed by atoms with Crippen LogP contribution in [-0.2, 0) is 21.4 Å². The van der Waals surface area contributed by atoms with Crippen LogP contribution in [0.25, 0.3) is 11.4 Å². The number of sulfonamides is 1. The second-order valence-corrected chi connectivity index (χ2v) is 11.5. The van der Waals surface area contributed by atoms with Crippen LogP contribution in [-0.4, -0.2) is 77.8 Å². The molecule has 2 aliphatic heterocycles. The van der Waals surface area contributed by atoms with Crippen LogP contribution in [0.4, 0.5) is 0 Å². The first-order chi connectivity index (χ1) is 17.4. The standard InChI is InChI=1S/C25H28ClN5O4S/c26-21-10-8-19(9-11-21)24-27-23(35-28-24)18-29-12-4-5-20(17-29)25(32)30-13-15-31(16-14-30)36(33,34)22-6-2-1-3-7-22/h1-3,6-11,20H,4-5,12-18H2. The second kappa shape index (κ2) is 10.7. The third-order valence-electron chi connectivity index (χ3n) is 6.72. The van der Waals surface area contributed by atoms with Gasteiger partial charge in [-0.15, -0.1) is 0 Å². The number of benzene rings is 2. The molecular weight excluding hydrogens is 502 g/mol. The van der Waals surface area contributed by atoms with Gasteiger partial charge < -0.3 is 9.42 Å². The van der Waals surface area contributed by atoms with E-state index in [0.29, 0.717) is 56.0 Å². The summed E-state index contributed by atoms with van der Waals surface area (Å²) in [6.45, 7) is 3.34. The van der Waals surface area contributed by atoms with Crippen molar-refractivity contribution in [1.29, 1.82) is 0 Å². The molecule has 0 radical (unpaired) electrons. The lowest BCUT2D eigenvalue weighted by atomic mass is 9.96. The van der Waals surface area contributed by atoms with E-state index in [9.17, 15) is 13.2 Å². The summed E-state index contributed by atoms with van der Waals surface area (Å²) >= 11 is 5.95. The maximum Gasteiger partial charge on any atom is 0.243 e. The highest BCUT2D eigenvalue weighted by Crippen LogP contribution is 2.24. The largest absolute Gasteiger partial charge is 0.340 e. The lowest BCUT2D eigenvalue weighted by Crippen LogP contribution is -2.53. The van der Waals surface area contributed by atoms with Crippen LogP contribution >= 0.6 is 11.6 Å². The zero-order valence-electron chi connectivity index (χ0n) is 19.8. The van der Waals surface area contributed by atoms with Crippen LogP contribution < -0.4 is 0 Å². The van der Waals surface area contributed by atoms with Crippen molar-refractivity contribution in [3.63, 3.8) is 0 Å². The molecule has 2 saturated heterocycles. The summed E-state index contributed by atoms with van der Waals surface area (Å²) < 4.78 is 32.7. The molecule has 11 heteroatoms. The highest BCUT2D eigenvalue weighted by atomic mass is 35.5. The average molecular weight is 530 g/mol. The molecule has 2 aliphatic rings. The van der Waals surface area contributed by atoms with E-state index in [4.69, 9.17) is 16.1 Å². The van der Waals surface area contributed by atoms with Crippen molar-refractivity contribution < 1.29 is 17.7 Å². The molecule has 190 valence electrons. The molecule has 36 heavy (non-hydrogen) atoms. The van der Waals surface area contributed by atoms with Crippen LogP contribution in [0.2, 0.25) is 5.02 Å². The first-order valence-corrected chi connectivity index (χ1v) is 13.9. The summed E-state index contributed by atoms with van der Waals surface area (Å²) in [7, 11) is -3.54. The molecule has 1 unspecified atom stereocenters. The third-order valence-corrected chi connectivity index (χ3v) is 8.88. The molecule has 3 heterocycles. The summed E-state index contributed by atoms with van der Waals surface area (Å²) in [6.07, 6.45) is 1.72. The Hall–Kier alpha value is -2.79. The fourth-order valence-corrected chi connectivity index (χ4v) is 6.35. The molecule has 3 aromatic rings. The molecule has 9 nitrogen and oxygen atoms in total. The molecule has 1 atom stereocenters. The minimum atomic E-state index is -3.54. The molecule has 0 aliphatic carbocycles. The number of rotatable bonds is 6. The summed E-state index contributed by atoms with van der Waals surface area (Å²) in [5, 5.41) is 4.72. The molecular formula is C25H28ClN5O4S. The van der Waals surface area contributed by atoms with Gasteiger partial charge in [0, 0.05) is 43.3 Å². The van der Waals surface area contributed by atoms with Gasteiger partial charge in [0.2, 0.25) is 27.6 Å². The minimum absolute atomic E-state index is 0.0869. The van der Waals surface area contributed by atoms with E-state index < -0.39 is 10.0 Å². The maximum absolute atomic E-state index is 13.3. The molecule has 5 rings (SSSR count). The van der Waals surface area contributed by atoms with Gasteiger partial charge in [0.25, 0.3) is 0 Å². The smallest absolute Gasteiger partial charge is 0.243 e. The molecule has 0 saturated carbocycles. The van der Waals surface area contributed by atoms with Gasteiger partial charge in [-0.05, 0) is 55.8 Å². The molecule has 1 aromatic heterocycles. The average Bonchev–Trinajstić information content (AvgIpc) is 3.38. The number of hydrogen-bond acceptors (Lipinski definition) is 7. The predicted octanol–water partition coefficient (Wildman–Crippen LogP) is 3.14. The lowest BCUT2D eigenvalue weighted by Gasteiger charge is -2.38. The first kappa shape index (κ1) is 24.9. The number of piperazine rings is 1. The van der Waals surface area contributed by atoms with Gasteiger partial charge in [0.15, 0.2) is 0 Å². The number of piperidine rings is 1. The molecule has 0 spiro atoms. The number of halogens is 1. The first-order valence-electron chi connectivity index (χ1n) is 12.0. The summed E-state index contributed by atoms with van der Waals surface area (Å²) in [4.78, 5) is 22.0. The van der Waals surface area contributed by atoms with E-state index in [1.165, 1.54) is 4.31 Å². The van der Waals surface area contributed by atoms with Gasteiger partial charge in [-0.1, -0.05) is 35.0 Å². The second-order valence-electron chi connectivity index (χ2n) is 9.14. The number of carbonyl (C=O) groups excluding carboxylic acids is 1. The number of amides is 1. The lowest BCUT2D eigenvalue weighted by molar-refractivity contribution is -0.138. The van der Waals surface area contributed by atoms with Crippen molar-refractivity contribution >= 4 is 27.5 Å². The van der Waals surface area contributed by atoms with E-state index in [1.54, 1.807) is 47.4 Å². The summed E-state index contributed by atoms with van der Waals surface area (Å²) in [5.74, 6) is 0.973. The van der Waals surface area contributed by atoms with Crippen LogP contribution in [0.3, 0.4) is 0 Å². The van der Waals surface area contributed by atoms with Gasteiger partial charge >= 0.3 is 0 Å². The molecule has 2 aromatic carbocycles. The predicted molar refractivity (Wildman–Crippen MR) is 135 cm³/mol. The Kier molecular flexibility index (Phi) is 7.38. The van der Waals surface area contributed by atoms with Crippen LogP contribution in [0.15, 0.2) is 64.0 Å². The Balaban J connectivity index is 1.15. The highest BCUT2D eigenvalue weighted by Gasteiger charge is 2.34. The fourth-order valence-electron chi connectivity index (χ4n) is 4.78. The normalized spacial score (nSPS) is 19.9. The summed E-state index contributed by atoms with van der Waals surface area (Å²) in [5.41, 5.74) is 0.828. The van der Waals surface area contributed by atoms with Crippen molar-refractivity contribution in [2.24, 2.45) is 5.92 Å². The topological polar surface area (TPSA) is 99.8 Å². The van der Waals surface area contributed by atoms with Crippen LogP contribution in [0, 0.1) is 5.92 Å². The molecule has 0 N–H and O–H groups in total. The van der Waals surface area contributed by atoms with Crippen LogP contribution in [0.5, 0.6) is 0 Å². The zero-order valence-corrected chi connectivity index (χ0v) is 21.4. The van der Waals surface area contributed by atoms with Gasteiger partial charge in [0.05, 0.1) is 17.4 Å². The number of hydrogen-bond donors (Lipinski definition) is 0. The van der Waals surface area contributed by atoms with Crippen molar-refractivity contribution in [2.45, 2.75) is 24.3 Å². The Morgan fingerprint density at radius 1 is 1.00 bits per heavy atom. The monoisotopic (exact) mass is 529 g/mol. The summed E-state index contributed by atoms with van der Waals surface area (Å²) in [6, 6.07) is 15.7. The van der Waals surface area contributed by atoms with E-state index in [-0.39, 0.29) is 16.7 Å². The van der Waals surface area contributed by atoms with Crippen molar-refractivity contribution in [2.75, 3.05) is 39.3 Å². The van der Waals surface area contributed by atoms with E-state index >= 15 is 0 Å². The van der Waals surface area contributed by atoms with Gasteiger partial charge in [-0.2, -0.15) is 9.29 Å². The Labute approximate surface area is 215 Å². The fraction of sp³-hybridized carbons (Fsp3) is 0.400. The van der Waals surface area contributed by atoms with Gasteiger partial charge in [-0.25, -0.2) is 8.42 Å². The zero-order chi connectivity index (χ0) is 25.1. The number of aromatic nitrogens is 2. The maximum atomic E-state index is 13.3. The van der Waals surface area contributed by atoms with E-state index in [0.717, 1.165) is 24.9 Å². The van der Waals surface area contributed by atoms with E-state index in [2.05, 4.69) is 15.0 Å². The third kappa shape index (κ3) is 5.46. The minimum Gasteiger partial charge on any atom is -0.340 e. The Morgan fingerprint density at radius 3 is 2.44 bits per heavy atom. The quantitative estimate of drug-likeness (QED) is 0.483. The van der Waals surface area contributed by atoms with Crippen LogP contribution in [0.1, 0.15) is 18.7 Å². The Bertz CT molecular complexity index is 1290. The molecule has 1 amide bonds. The van der Waals surface area contributed by atoms with Gasteiger partial charge in [-0.3, -0.25) is 9.69 Å². The molecule has 2 fully saturated rings. The van der Waals surface area contributed by atoms with Crippen molar-refractivity contribution in [3.8, 4) is 11.4 Å². The van der Waals surface area contributed by atoms with Crippen molar-refractivity contribution in [3.05, 3.63) is 65.5 Å². The number of nitrogens with zero attached hydrogens (tertiary/aromatic N) is 5. The van der Waals surface area contributed by atoms with E-state index in [1.807, 2.05) is 12.1 Å².